The molecule has 1 heteroatoms. The number of rotatable bonds is 9. The van der Waals surface area contributed by atoms with Crippen LogP contribution in [0.2, 0.25) is 0 Å². The van der Waals surface area contributed by atoms with Gasteiger partial charge in [0.1, 0.15) is 0 Å². The van der Waals surface area contributed by atoms with E-state index in [9.17, 15) is 0 Å². The molecule has 2 unspecified atom stereocenters. The van der Waals surface area contributed by atoms with Gasteiger partial charge in [-0.3, -0.25) is 0 Å². The Labute approximate surface area is 119 Å². The fourth-order valence-electron chi connectivity index (χ4n) is 2.62. The van der Waals surface area contributed by atoms with Gasteiger partial charge in [0.25, 0.3) is 0 Å². The molecule has 0 aliphatic carbocycles. The molecular weight excluding hydrogens is 230 g/mol. The van der Waals surface area contributed by atoms with Gasteiger partial charge >= 0.3 is 0 Å². The van der Waals surface area contributed by atoms with Crippen LogP contribution in [-0.2, 0) is 0 Å². The molecule has 108 valence electrons. The molecule has 0 saturated carbocycles. The maximum atomic E-state index is 3.72. The largest absolute Gasteiger partial charge is 0.310 e. The number of hydrogen-bond donors (Lipinski definition) is 1. The van der Waals surface area contributed by atoms with E-state index < -0.39 is 0 Å². The first-order valence-electron chi connectivity index (χ1n) is 7.93. The Morgan fingerprint density at radius 2 is 1.68 bits per heavy atom. The van der Waals surface area contributed by atoms with Gasteiger partial charge < -0.3 is 5.32 Å². The molecule has 0 saturated heterocycles. The van der Waals surface area contributed by atoms with Gasteiger partial charge in [-0.25, -0.2) is 0 Å². The molecule has 0 aliphatic rings. The first-order chi connectivity index (χ1) is 9.15. The van der Waals surface area contributed by atoms with E-state index in [4.69, 9.17) is 0 Å². The monoisotopic (exact) mass is 261 g/mol. The van der Waals surface area contributed by atoms with E-state index in [1.807, 2.05) is 0 Å². The summed E-state index contributed by atoms with van der Waals surface area (Å²) >= 11 is 0. The third-order valence-corrected chi connectivity index (χ3v) is 3.78. The SMILES string of the molecule is CCCNC(c1ccccc1)C(C)CCCC(C)C. The summed E-state index contributed by atoms with van der Waals surface area (Å²) in [6, 6.07) is 11.4. The summed E-state index contributed by atoms with van der Waals surface area (Å²) in [6.45, 7) is 10.4. The van der Waals surface area contributed by atoms with Crippen molar-refractivity contribution in [3.63, 3.8) is 0 Å². The van der Waals surface area contributed by atoms with Crippen LogP contribution in [0.5, 0.6) is 0 Å². The van der Waals surface area contributed by atoms with Crippen LogP contribution in [0.4, 0.5) is 0 Å². The van der Waals surface area contributed by atoms with E-state index in [-0.39, 0.29) is 0 Å². The van der Waals surface area contributed by atoms with E-state index in [0.717, 1.165) is 12.5 Å². The predicted molar refractivity (Wildman–Crippen MR) is 85.3 cm³/mol. The van der Waals surface area contributed by atoms with Gasteiger partial charge in [0, 0.05) is 6.04 Å². The Morgan fingerprint density at radius 1 is 1.00 bits per heavy atom. The minimum absolute atomic E-state index is 0.508. The minimum atomic E-state index is 0.508. The van der Waals surface area contributed by atoms with Gasteiger partial charge in [-0.2, -0.15) is 0 Å². The Balaban J connectivity index is 2.57. The van der Waals surface area contributed by atoms with Crippen LogP contribution in [-0.4, -0.2) is 6.54 Å². The lowest BCUT2D eigenvalue weighted by molar-refractivity contribution is 0.347. The Hall–Kier alpha value is -0.820. The van der Waals surface area contributed by atoms with E-state index in [1.165, 1.54) is 31.2 Å². The third kappa shape index (κ3) is 6.24. The lowest BCUT2D eigenvalue weighted by Crippen LogP contribution is -2.27. The summed E-state index contributed by atoms with van der Waals surface area (Å²) in [7, 11) is 0. The maximum absolute atomic E-state index is 3.72. The van der Waals surface area contributed by atoms with E-state index >= 15 is 0 Å². The Bertz CT molecular complexity index is 318. The van der Waals surface area contributed by atoms with Gasteiger partial charge in [-0.1, -0.05) is 70.9 Å². The summed E-state index contributed by atoms with van der Waals surface area (Å²) in [6.07, 6.45) is 5.20. The molecular formula is C18H31N. The summed E-state index contributed by atoms with van der Waals surface area (Å²) in [5, 5.41) is 3.72. The lowest BCUT2D eigenvalue weighted by Gasteiger charge is -2.26. The summed E-state index contributed by atoms with van der Waals surface area (Å²) < 4.78 is 0. The van der Waals surface area contributed by atoms with Crippen LogP contribution < -0.4 is 5.32 Å². The summed E-state index contributed by atoms with van der Waals surface area (Å²) in [4.78, 5) is 0. The van der Waals surface area contributed by atoms with Gasteiger partial charge in [-0.05, 0) is 36.8 Å². The molecule has 0 amide bonds. The first-order valence-corrected chi connectivity index (χ1v) is 7.93. The van der Waals surface area contributed by atoms with Crippen molar-refractivity contribution in [3.8, 4) is 0 Å². The van der Waals surface area contributed by atoms with Gasteiger partial charge in [-0.15, -0.1) is 0 Å². The highest BCUT2D eigenvalue weighted by molar-refractivity contribution is 5.19. The average molecular weight is 261 g/mol. The van der Waals surface area contributed by atoms with Crippen LogP contribution in [0.25, 0.3) is 0 Å². The topological polar surface area (TPSA) is 12.0 Å². The fourth-order valence-corrected chi connectivity index (χ4v) is 2.62. The molecule has 1 aromatic rings. The zero-order valence-corrected chi connectivity index (χ0v) is 13.2. The summed E-state index contributed by atoms with van der Waals surface area (Å²) in [5.74, 6) is 1.53. The number of nitrogens with one attached hydrogen (secondary N) is 1. The van der Waals surface area contributed by atoms with Crippen LogP contribution in [0.15, 0.2) is 30.3 Å². The first kappa shape index (κ1) is 16.2. The standard InChI is InChI=1S/C18H31N/c1-5-14-19-18(17-12-7-6-8-13-17)16(4)11-9-10-15(2)3/h6-8,12-13,15-16,18-19H,5,9-11,14H2,1-4H3. The normalized spacial score (nSPS) is 14.6. The van der Waals surface area contributed by atoms with Crippen molar-refractivity contribution in [2.24, 2.45) is 11.8 Å². The molecule has 0 aliphatic heterocycles. The minimum Gasteiger partial charge on any atom is -0.310 e. The van der Waals surface area contributed by atoms with Crippen molar-refractivity contribution in [2.45, 2.75) is 59.4 Å². The molecule has 1 aromatic carbocycles. The number of benzene rings is 1. The second kappa shape index (κ2) is 9.14. The Kier molecular flexibility index (Phi) is 7.81. The third-order valence-electron chi connectivity index (χ3n) is 3.78. The highest BCUT2D eigenvalue weighted by atomic mass is 14.9. The molecule has 1 nitrogen and oxygen atoms in total. The molecule has 0 fully saturated rings. The Morgan fingerprint density at radius 3 is 2.26 bits per heavy atom. The molecule has 0 aromatic heterocycles. The van der Waals surface area contributed by atoms with Crippen molar-refractivity contribution in [1.29, 1.82) is 0 Å². The smallest absolute Gasteiger partial charge is 0.0346 e. The van der Waals surface area contributed by atoms with Crippen LogP contribution >= 0.6 is 0 Å². The van der Waals surface area contributed by atoms with Crippen molar-refractivity contribution >= 4 is 0 Å². The zero-order valence-electron chi connectivity index (χ0n) is 13.2. The number of hydrogen-bond acceptors (Lipinski definition) is 1. The second-order valence-corrected chi connectivity index (χ2v) is 6.14. The van der Waals surface area contributed by atoms with Crippen LogP contribution in [0.3, 0.4) is 0 Å². The highest BCUT2D eigenvalue weighted by Crippen LogP contribution is 2.26. The van der Waals surface area contributed by atoms with Gasteiger partial charge in [0.05, 0.1) is 0 Å². The van der Waals surface area contributed by atoms with Crippen molar-refractivity contribution in [2.75, 3.05) is 6.54 Å². The van der Waals surface area contributed by atoms with Crippen molar-refractivity contribution < 1.29 is 0 Å². The molecule has 0 spiro atoms. The van der Waals surface area contributed by atoms with E-state index in [1.54, 1.807) is 0 Å². The molecule has 0 radical (unpaired) electrons. The van der Waals surface area contributed by atoms with Crippen molar-refractivity contribution in [1.82, 2.24) is 5.32 Å². The van der Waals surface area contributed by atoms with Crippen molar-refractivity contribution in [3.05, 3.63) is 35.9 Å². The predicted octanol–water partition coefficient (Wildman–Crippen LogP) is 5.19. The molecule has 2 atom stereocenters. The van der Waals surface area contributed by atoms with Gasteiger partial charge in [0.15, 0.2) is 0 Å². The molecule has 0 bridgehead atoms. The fraction of sp³-hybridized carbons (Fsp3) is 0.667. The second-order valence-electron chi connectivity index (χ2n) is 6.14. The highest BCUT2D eigenvalue weighted by Gasteiger charge is 2.18. The van der Waals surface area contributed by atoms with E-state index in [0.29, 0.717) is 12.0 Å². The average Bonchev–Trinajstić information content (AvgIpc) is 2.40. The quantitative estimate of drug-likeness (QED) is 0.645. The molecule has 1 rings (SSSR count). The lowest BCUT2D eigenvalue weighted by atomic mass is 9.89. The van der Waals surface area contributed by atoms with Crippen LogP contribution in [0, 0.1) is 11.8 Å². The maximum Gasteiger partial charge on any atom is 0.0346 e. The van der Waals surface area contributed by atoms with E-state index in [2.05, 4.69) is 63.3 Å². The molecule has 0 heterocycles. The summed E-state index contributed by atoms with van der Waals surface area (Å²) in [5.41, 5.74) is 1.44. The van der Waals surface area contributed by atoms with Gasteiger partial charge in [0.2, 0.25) is 0 Å². The molecule has 1 N–H and O–H groups in total. The van der Waals surface area contributed by atoms with Crippen LogP contribution in [0.1, 0.15) is 65.0 Å². The molecule has 19 heavy (non-hydrogen) atoms. The zero-order chi connectivity index (χ0) is 14.1.